The fourth-order valence-electron chi connectivity index (χ4n) is 2.04. The lowest BCUT2D eigenvalue weighted by Crippen LogP contribution is -2.26. The molecular weight excluding hydrogens is 274 g/mol. The molecule has 0 spiro atoms. The van der Waals surface area contributed by atoms with Gasteiger partial charge in [0.2, 0.25) is 0 Å². The largest absolute Gasteiger partial charge is 0.358 e. The van der Waals surface area contributed by atoms with Gasteiger partial charge in [-0.3, -0.25) is 0 Å². The fourth-order valence-corrected chi connectivity index (χ4v) is 3.34. The van der Waals surface area contributed by atoms with E-state index >= 15 is 0 Å². The molecule has 0 saturated carbocycles. The smallest absolute Gasteiger partial charge is 0.284 e. The van der Waals surface area contributed by atoms with Crippen molar-refractivity contribution in [1.29, 1.82) is 0 Å². The van der Waals surface area contributed by atoms with Crippen molar-refractivity contribution in [3.05, 3.63) is 35.8 Å². The van der Waals surface area contributed by atoms with E-state index < -0.39 is 0 Å². The zero-order valence-electron chi connectivity index (χ0n) is 11.6. The molecule has 0 unspecified atom stereocenters. The number of H-pyrrole nitrogens is 1. The molecule has 102 valence electrons. The van der Waals surface area contributed by atoms with Gasteiger partial charge in [-0.15, -0.1) is 0 Å². The number of rotatable bonds is 4. The Bertz CT molecular complexity index is 573. The maximum absolute atomic E-state index is 5.45. The van der Waals surface area contributed by atoms with Crippen LogP contribution in [0.1, 0.15) is 25.2 Å². The highest BCUT2D eigenvalue weighted by Crippen LogP contribution is 2.15. The molecule has 0 fully saturated rings. The first-order valence-electron chi connectivity index (χ1n) is 6.56. The minimum absolute atomic E-state index is 0.885. The van der Waals surface area contributed by atoms with Gasteiger partial charge in [0.1, 0.15) is 16.2 Å². The third-order valence-corrected chi connectivity index (χ3v) is 4.75. The number of hydrogen-bond donors (Lipinski definition) is 1. The van der Waals surface area contributed by atoms with Gasteiger partial charge in [0, 0.05) is 19.2 Å². The normalized spacial score (nSPS) is 10.9. The lowest BCUT2D eigenvalue weighted by atomic mass is 10.4. The van der Waals surface area contributed by atoms with Gasteiger partial charge in [0.15, 0.2) is 5.69 Å². The number of nitrogens with one attached hydrogen (secondary N) is 1. The lowest BCUT2D eigenvalue weighted by Gasteiger charge is -2.20. The average molecular weight is 294 g/mol. The van der Waals surface area contributed by atoms with Crippen LogP contribution < -0.4 is 4.40 Å². The van der Waals surface area contributed by atoms with Gasteiger partial charge in [-0.1, -0.05) is 30.0 Å². The molecule has 0 bridgehead atoms. The van der Waals surface area contributed by atoms with Gasteiger partial charge >= 0.3 is 0 Å². The van der Waals surface area contributed by atoms with E-state index in [1.165, 1.54) is 11.4 Å². The molecule has 0 aromatic carbocycles. The van der Waals surface area contributed by atoms with Crippen molar-refractivity contribution in [1.82, 2.24) is 9.88 Å². The molecule has 2 heterocycles. The monoisotopic (exact) mass is 294 g/mol. The summed E-state index contributed by atoms with van der Waals surface area (Å²) in [5.41, 5.74) is 3.56. The zero-order chi connectivity index (χ0) is 13.8. The number of thioether (sulfide) groups is 1. The van der Waals surface area contributed by atoms with E-state index in [1.54, 1.807) is 11.8 Å². The van der Waals surface area contributed by atoms with Crippen molar-refractivity contribution in [2.24, 2.45) is 0 Å². The van der Waals surface area contributed by atoms with Gasteiger partial charge in [-0.2, -0.15) is 0 Å². The van der Waals surface area contributed by atoms with Crippen LogP contribution in [0.5, 0.6) is 0 Å². The standard InChI is InChI=1S/C14H19N3S2/c1-4-16(5-2)14(18)19-10-12-9-17-11(3)7-6-8-13(17)15-12/h6-9H,4-5,10H2,1-3H3/p+1. The molecule has 0 aliphatic rings. The molecule has 0 radical (unpaired) electrons. The van der Waals surface area contributed by atoms with Crippen LogP contribution in [0.15, 0.2) is 24.4 Å². The topological polar surface area (TPSA) is 23.1 Å². The van der Waals surface area contributed by atoms with Crippen molar-refractivity contribution in [2.75, 3.05) is 13.1 Å². The lowest BCUT2D eigenvalue weighted by molar-refractivity contribution is -0.518. The Morgan fingerprint density at radius 3 is 2.74 bits per heavy atom. The fraction of sp³-hybridized carbons (Fsp3) is 0.429. The summed E-state index contributed by atoms with van der Waals surface area (Å²) in [4.78, 5) is 5.64. The van der Waals surface area contributed by atoms with Crippen LogP contribution >= 0.6 is 24.0 Å². The predicted octanol–water partition coefficient (Wildman–Crippen LogP) is 2.92. The molecule has 1 N–H and O–H groups in total. The van der Waals surface area contributed by atoms with Crippen LogP contribution in [-0.2, 0) is 5.75 Å². The maximum atomic E-state index is 5.45. The maximum Gasteiger partial charge on any atom is 0.284 e. The van der Waals surface area contributed by atoms with Gasteiger partial charge in [0.05, 0.1) is 5.75 Å². The van der Waals surface area contributed by atoms with E-state index in [0.29, 0.717) is 0 Å². The number of aryl methyl sites for hydroxylation is 1. The van der Waals surface area contributed by atoms with Crippen LogP contribution in [0.25, 0.3) is 5.65 Å². The number of fused-ring (bicyclic) bond motifs is 1. The number of thiocarbonyl (C=S) groups is 1. The Kier molecular flexibility index (Phi) is 4.82. The Balaban J connectivity index is 2.06. The van der Waals surface area contributed by atoms with E-state index in [-0.39, 0.29) is 0 Å². The zero-order valence-corrected chi connectivity index (χ0v) is 13.3. The number of aromatic nitrogens is 2. The summed E-state index contributed by atoms with van der Waals surface area (Å²) < 4.78 is 3.15. The van der Waals surface area contributed by atoms with Crippen molar-refractivity contribution >= 4 is 33.9 Å². The van der Waals surface area contributed by atoms with Crippen LogP contribution in [-0.4, -0.2) is 27.3 Å². The predicted molar refractivity (Wildman–Crippen MR) is 85.5 cm³/mol. The molecule has 2 rings (SSSR count). The highest BCUT2D eigenvalue weighted by atomic mass is 32.2. The SMILES string of the molecule is CCN(CC)C(=S)SCc1c[n+]2c(C)cccc2[nH]1. The number of aromatic amines is 1. The highest BCUT2D eigenvalue weighted by molar-refractivity contribution is 8.22. The summed E-state index contributed by atoms with van der Waals surface area (Å²) >= 11 is 7.17. The van der Waals surface area contributed by atoms with Crippen molar-refractivity contribution < 1.29 is 4.40 Å². The van der Waals surface area contributed by atoms with E-state index in [2.05, 4.69) is 59.5 Å². The summed E-state index contributed by atoms with van der Waals surface area (Å²) in [7, 11) is 0. The molecule has 3 nitrogen and oxygen atoms in total. The van der Waals surface area contributed by atoms with Crippen molar-refractivity contribution in [2.45, 2.75) is 26.5 Å². The second-order valence-corrected chi connectivity index (χ2v) is 6.04. The van der Waals surface area contributed by atoms with Crippen molar-refractivity contribution in [3.63, 3.8) is 0 Å². The Labute approximate surface area is 124 Å². The minimum Gasteiger partial charge on any atom is -0.358 e. The number of nitrogens with zero attached hydrogens (tertiary/aromatic N) is 2. The Morgan fingerprint density at radius 1 is 1.37 bits per heavy atom. The van der Waals surface area contributed by atoms with Crippen molar-refractivity contribution in [3.8, 4) is 0 Å². The van der Waals surface area contributed by atoms with Gasteiger partial charge in [-0.05, 0) is 26.8 Å². The molecule has 0 amide bonds. The first kappa shape index (κ1) is 14.3. The van der Waals surface area contributed by atoms with E-state index in [1.807, 2.05) is 0 Å². The third-order valence-electron chi connectivity index (χ3n) is 3.18. The molecule has 0 aliphatic carbocycles. The molecule has 19 heavy (non-hydrogen) atoms. The van der Waals surface area contributed by atoms with E-state index in [9.17, 15) is 0 Å². The van der Waals surface area contributed by atoms with Crippen LogP contribution in [0.4, 0.5) is 0 Å². The van der Waals surface area contributed by atoms with Gasteiger partial charge in [0.25, 0.3) is 5.65 Å². The van der Waals surface area contributed by atoms with E-state index in [0.717, 1.165) is 28.8 Å². The van der Waals surface area contributed by atoms with Crippen LogP contribution in [0.3, 0.4) is 0 Å². The van der Waals surface area contributed by atoms with Gasteiger partial charge in [-0.25, -0.2) is 9.38 Å². The van der Waals surface area contributed by atoms with Gasteiger partial charge < -0.3 is 4.90 Å². The first-order chi connectivity index (χ1) is 9.15. The van der Waals surface area contributed by atoms with Crippen LogP contribution in [0, 0.1) is 6.92 Å². The second kappa shape index (κ2) is 6.39. The summed E-state index contributed by atoms with van der Waals surface area (Å²) in [5, 5.41) is 0. The highest BCUT2D eigenvalue weighted by Gasteiger charge is 2.12. The number of imidazole rings is 1. The second-order valence-electron chi connectivity index (χ2n) is 4.43. The quantitative estimate of drug-likeness (QED) is 0.693. The molecule has 5 heteroatoms. The number of hydrogen-bond acceptors (Lipinski definition) is 2. The molecule has 0 saturated heterocycles. The number of pyridine rings is 1. The molecule has 0 aliphatic heterocycles. The molecule has 2 aromatic heterocycles. The third kappa shape index (κ3) is 3.28. The molecule has 0 atom stereocenters. The summed E-state index contributed by atoms with van der Waals surface area (Å²) in [6.07, 6.45) is 2.16. The average Bonchev–Trinajstić information content (AvgIpc) is 2.82. The molecular formula is C14H20N3S2+. The Hall–Kier alpha value is -1.07. The molecule has 2 aromatic rings. The van der Waals surface area contributed by atoms with Crippen LogP contribution in [0.2, 0.25) is 0 Å². The summed E-state index contributed by atoms with van der Waals surface area (Å²) in [5.74, 6) is 0.885. The summed E-state index contributed by atoms with van der Waals surface area (Å²) in [6, 6.07) is 6.26. The first-order valence-corrected chi connectivity index (χ1v) is 7.95. The van der Waals surface area contributed by atoms with E-state index in [4.69, 9.17) is 12.2 Å². The summed E-state index contributed by atoms with van der Waals surface area (Å²) in [6.45, 7) is 8.33. The minimum atomic E-state index is 0.885. The Morgan fingerprint density at radius 2 is 2.11 bits per heavy atom.